The van der Waals surface area contributed by atoms with Crippen LogP contribution in [0, 0.1) is 0 Å². The maximum Gasteiger partial charge on any atom is 0.172 e. The predicted molar refractivity (Wildman–Crippen MR) is 57.4 cm³/mol. The van der Waals surface area contributed by atoms with Crippen LogP contribution in [-0.2, 0) is 0 Å². The average molecular weight is 220 g/mol. The summed E-state index contributed by atoms with van der Waals surface area (Å²) in [5, 5.41) is 0. The highest BCUT2D eigenvalue weighted by Gasteiger charge is 2.20. The molecule has 0 N–H and O–H groups in total. The van der Waals surface area contributed by atoms with Gasteiger partial charge in [-0.05, 0) is 19.1 Å². The van der Waals surface area contributed by atoms with E-state index in [9.17, 15) is 9.59 Å². The number of aldehydes is 1. The number of carbonyl (C=O) groups excluding carboxylic acids is 2. The molecule has 0 atom stereocenters. The van der Waals surface area contributed by atoms with E-state index in [4.69, 9.17) is 9.47 Å². The summed E-state index contributed by atoms with van der Waals surface area (Å²) in [5.74, 6) is 0.689. The minimum atomic E-state index is -0.0980. The Bertz CT molecular complexity index is 437. The lowest BCUT2D eigenvalue weighted by Gasteiger charge is -2.12. The number of fused-ring (bicyclic) bond motifs is 1. The van der Waals surface area contributed by atoms with E-state index in [2.05, 4.69) is 0 Å². The first-order chi connectivity index (χ1) is 7.74. The summed E-state index contributed by atoms with van der Waals surface area (Å²) in [6.45, 7) is 2.45. The number of carbonyl (C=O) groups is 2. The fraction of sp³-hybridized carbons (Fsp3) is 0.333. The van der Waals surface area contributed by atoms with Crippen LogP contribution in [0.15, 0.2) is 12.1 Å². The zero-order chi connectivity index (χ0) is 11.5. The Morgan fingerprint density at radius 1 is 1.25 bits per heavy atom. The maximum atomic E-state index is 11.4. The highest BCUT2D eigenvalue weighted by Crippen LogP contribution is 2.36. The lowest BCUT2D eigenvalue weighted by molar-refractivity contribution is 0.101. The molecule has 1 aromatic rings. The molecule has 2 rings (SSSR count). The Morgan fingerprint density at radius 2 is 1.94 bits per heavy atom. The van der Waals surface area contributed by atoms with Crippen LogP contribution >= 0.6 is 0 Å². The van der Waals surface area contributed by atoms with Gasteiger partial charge in [-0.25, -0.2) is 0 Å². The van der Waals surface area contributed by atoms with E-state index in [0.29, 0.717) is 42.1 Å². The Hall–Kier alpha value is -1.84. The van der Waals surface area contributed by atoms with Gasteiger partial charge in [-0.3, -0.25) is 9.59 Å². The van der Waals surface area contributed by atoms with Crippen LogP contribution in [0.3, 0.4) is 0 Å². The number of hydrogen-bond acceptors (Lipinski definition) is 4. The highest BCUT2D eigenvalue weighted by atomic mass is 16.5. The van der Waals surface area contributed by atoms with Crippen LogP contribution < -0.4 is 9.47 Å². The Morgan fingerprint density at radius 3 is 2.56 bits per heavy atom. The third-order valence-corrected chi connectivity index (χ3v) is 2.43. The van der Waals surface area contributed by atoms with Crippen molar-refractivity contribution in [1.29, 1.82) is 0 Å². The number of Topliss-reactive ketones (excluding diaryl/α,β-unsaturated/α-hetero) is 1. The molecule has 0 amide bonds. The Balaban J connectivity index is 2.60. The van der Waals surface area contributed by atoms with Gasteiger partial charge in [-0.15, -0.1) is 0 Å². The quantitative estimate of drug-likeness (QED) is 0.564. The number of hydrogen-bond donors (Lipinski definition) is 0. The molecule has 1 heterocycles. The largest absolute Gasteiger partial charge is 0.489 e. The number of ketones is 1. The summed E-state index contributed by atoms with van der Waals surface area (Å²) >= 11 is 0. The first-order valence-electron chi connectivity index (χ1n) is 5.12. The van der Waals surface area contributed by atoms with Crippen LogP contribution in [0.1, 0.15) is 34.1 Å². The molecule has 1 aliphatic rings. The number of rotatable bonds is 2. The van der Waals surface area contributed by atoms with Crippen molar-refractivity contribution < 1.29 is 19.1 Å². The molecule has 0 aromatic heterocycles. The van der Waals surface area contributed by atoms with E-state index < -0.39 is 0 Å². The zero-order valence-electron chi connectivity index (χ0n) is 8.99. The first-order valence-corrected chi connectivity index (χ1v) is 5.12. The van der Waals surface area contributed by atoms with E-state index in [0.717, 1.165) is 6.42 Å². The van der Waals surface area contributed by atoms with Crippen LogP contribution in [0.2, 0.25) is 0 Å². The van der Waals surface area contributed by atoms with E-state index in [-0.39, 0.29) is 5.78 Å². The smallest absolute Gasteiger partial charge is 0.172 e. The average Bonchev–Trinajstić information content (AvgIpc) is 2.52. The molecule has 16 heavy (non-hydrogen) atoms. The SMILES string of the molecule is CC(=O)c1ccc(C=O)c2c1OCCCO2. The summed E-state index contributed by atoms with van der Waals surface area (Å²) in [4.78, 5) is 22.3. The topological polar surface area (TPSA) is 52.6 Å². The van der Waals surface area contributed by atoms with E-state index in [1.807, 2.05) is 0 Å². The van der Waals surface area contributed by atoms with Crippen LogP contribution in [0.4, 0.5) is 0 Å². The molecule has 0 unspecified atom stereocenters. The van der Waals surface area contributed by atoms with Crippen molar-refractivity contribution in [2.45, 2.75) is 13.3 Å². The maximum absolute atomic E-state index is 11.4. The van der Waals surface area contributed by atoms with E-state index in [1.54, 1.807) is 12.1 Å². The van der Waals surface area contributed by atoms with Crippen molar-refractivity contribution in [3.63, 3.8) is 0 Å². The van der Waals surface area contributed by atoms with Crippen LogP contribution in [-0.4, -0.2) is 25.3 Å². The van der Waals surface area contributed by atoms with Crippen LogP contribution in [0.25, 0.3) is 0 Å². The predicted octanol–water partition coefficient (Wildman–Crippen LogP) is 1.86. The Labute approximate surface area is 93.2 Å². The second-order valence-electron chi connectivity index (χ2n) is 3.59. The molecule has 84 valence electrons. The third kappa shape index (κ3) is 1.78. The lowest BCUT2D eigenvalue weighted by atomic mass is 10.1. The van der Waals surface area contributed by atoms with Crippen LogP contribution in [0.5, 0.6) is 11.5 Å². The molecule has 4 heteroatoms. The van der Waals surface area contributed by atoms with Gasteiger partial charge in [-0.2, -0.15) is 0 Å². The molecule has 0 radical (unpaired) electrons. The molecule has 0 fully saturated rings. The summed E-state index contributed by atoms with van der Waals surface area (Å²) in [6.07, 6.45) is 1.45. The first kappa shape index (κ1) is 10.7. The Kier molecular flexibility index (Phi) is 2.90. The standard InChI is InChI=1S/C12H12O4/c1-8(14)10-4-3-9(7-13)11-12(10)16-6-2-5-15-11/h3-4,7H,2,5-6H2,1H3. The zero-order valence-corrected chi connectivity index (χ0v) is 8.99. The van der Waals surface area contributed by atoms with Crippen molar-refractivity contribution in [1.82, 2.24) is 0 Å². The van der Waals surface area contributed by atoms with Gasteiger partial charge in [0.05, 0.1) is 24.3 Å². The molecule has 0 bridgehead atoms. The van der Waals surface area contributed by atoms with Crippen molar-refractivity contribution in [3.8, 4) is 11.5 Å². The van der Waals surface area contributed by atoms with Gasteiger partial charge in [0.1, 0.15) is 0 Å². The van der Waals surface area contributed by atoms with Gasteiger partial charge in [0.15, 0.2) is 23.6 Å². The van der Waals surface area contributed by atoms with Crippen molar-refractivity contribution in [2.24, 2.45) is 0 Å². The summed E-state index contributed by atoms with van der Waals surface area (Å²) in [6, 6.07) is 3.18. The summed E-state index contributed by atoms with van der Waals surface area (Å²) in [5.41, 5.74) is 0.879. The van der Waals surface area contributed by atoms with Gasteiger partial charge < -0.3 is 9.47 Å². The number of benzene rings is 1. The molecule has 1 aliphatic heterocycles. The number of ether oxygens (including phenoxy) is 2. The van der Waals surface area contributed by atoms with Gasteiger partial charge in [0.2, 0.25) is 0 Å². The fourth-order valence-corrected chi connectivity index (χ4v) is 1.65. The molecule has 4 nitrogen and oxygen atoms in total. The summed E-state index contributed by atoms with van der Waals surface area (Å²) in [7, 11) is 0. The normalized spacial score (nSPS) is 14.1. The molecule has 0 saturated heterocycles. The van der Waals surface area contributed by atoms with Crippen molar-refractivity contribution >= 4 is 12.1 Å². The van der Waals surface area contributed by atoms with Gasteiger partial charge >= 0.3 is 0 Å². The highest BCUT2D eigenvalue weighted by molar-refractivity contribution is 5.99. The van der Waals surface area contributed by atoms with Gasteiger partial charge in [-0.1, -0.05) is 0 Å². The molecular formula is C12H12O4. The monoisotopic (exact) mass is 220 g/mol. The van der Waals surface area contributed by atoms with E-state index in [1.165, 1.54) is 6.92 Å². The minimum absolute atomic E-state index is 0.0980. The molecule has 0 saturated carbocycles. The van der Waals surface area contributed by atoms with Crippen molar-refractivity contribution in [3.05, 3.63) is 23.3 Å². The molecule has 0 spiro atoms. The second kappa shape index (κ2) is 4.35. The second-order valence-corrected chi connectivity index (χ2v) is 3.59. The van der Waals surface area contributed by atoms with Gasteiger partial charge in [0, 0.05) is 6.42 Å². The summed E-state index contributed by atoms with van der Waals surface area (Å²) < 4.78 is 10.9. The fourth-order valence-electron chi connectivity index (χ4n) is 1.65. The van der Waals surface area contributed by atoms with Crippen molar-refractivity contribution in [2.75, 3.05) is 13.2 Å². The van der Waals surface area contributed by atoms with Gasteiger partial charge in [0.25, 0.3) is 0 Å². The molecular weight excluding hydrogens is 208 g/mol. The third-order valence-electron chi connectivity index (χ3n) is 2.43. The lowest BCUT2D eigenvalue weighted by Crippen LogP contribution is -2.02. The van der Waals surface area contributed by atoms with E-state index >= 15 is 0 Å². The minimum Gasteiger partial charge on any atom is -0.489 e. The molecule has 0 aliphatic carbocycles. The molecule has 1 aromatic carbocycles.